The molecule has 0 bridgehead atoms. The lowest BCUT2D eigenvalue weighted by Crippen LogP contribution is -2.91. The standard InChI is InChI=1S/C11H22N2O.CH4O4S/c1-5-10(6-2)12-7-8-13-11(14)9(3)4;1-5-6(2,3)4/h10,12H,3,5-8H2,1-2,4H3,(H,13,14);1H3,(H,2,3,4). The summed E-state index contributed by atoms with van der Waals surface area (Å²) in [7, 11) is -3.60. The van der Waals surface area contributed by atoms with E-state index < -0.39 is 10.4 Å². The fourth-order valence-electron chi connectivity index (χ4n) is 1.28. The molecule has 0 unspecified atom stereocenters. The number of hydrogen-bond acceptors (Lipinski definition) is 5. The molecule has 0 aliphatic carbocycles. The van der Waals surface area contributed by atoms with Crippen LogP contribution >= 0.6 is 0 Å². The maximum atomic E-state index is 11.1. The quantitative estimate of drug-likeness (QED) is 0.272. The highest BCUT2D eigenvalue weighted by Gasteiger charge is 2.05. The molecule has 0 saturated carbocycles. The lowest BCUT2D eigenvalue weighted by Gasteiger charge is -2.11. The predicted molar refractivity (Wildman–Crippen MR) is 75.7 cm³/mol. The molecule has 0 aromatic heterocycles. The number of rotatable bonds is 8. The molecule has 0 spiro atoms. The van der Waals surface area contributed by atoms with Gasteiger partial charge in [0.15, 0.2) is 0 Å². The summed E-state index contributed by atoms with van der Waals surface area (Å²) in [5, 5.41) is 5.11. The van der Waals surface area contributed by atoms with E-state index in [1.54, 1.807) is 6.92 Å². The molecule has 0 aliphatic heterocycles. The second-order valence-electron chi connectivity index (χ2n) is 4.21. The minimum atomic E-state index is -4.41. The molecular formula is C12H26N2O5S. The van der Waals surface area contributed by atoms with E-state index in [0.717, 1.165) is 20.2 Å². The topological polar surface area (TPSA) is 112 Å². The number of carbonyl (C=O) groups is 1. The Balaban J connectivity index is 0. The van der Waals surface area contributed by atoms with Gasteiger partial charge >= 0.3 is 0 Å². The van der Waals surface area contributed by atoms with Gasteiger partial charge in [-0.2, -0.15) is 0 Å². The second-order valence-corrected chi connectivity index (χ2v) is 5.36. The van der Waals surface area contributed by atoms with Crippen LogP contribution in [0.2, 0.25) is 0 Å². The van der Waals surface area contributed by atoms with Gasteiger partial charge in [-0.1, -0.05) is 20.4 Å². The van der Waals surface area contributed by atoms with Crippen LogP contribution in [0, 0.1) is 0 Å². The Labute approximate surface area is 121 Å². The van der Waals surface area contributed by atoms with Crippen molar-refractivity contribution in [3.63, 3.8) is 0 Å². The van der Waals surface area contributed by atoms with Crippen molar-refractivity contribution < 1.29 is 27.3 Å². The van der Waals surface area contributed by atoms with Crippen LogP contribution in [0.5, 0.6) is 0 Å². The number of quaternary nitrogens is 1. The molecule has 0 rings (SSSR count). The van der Waals surface area contributed by atoms with Crippen molar-refractivity contribution in [1.29, 1.82) is 0 Å². The van der Waals surface area contributed by atoms with Crippen molar-refractivity contribution in [3.05, 3.63) is 12.2 Å². The lowest BCUT2D eigenvalue weighted by molar-refractivity contribution is -0.688. The Bertz CT molecular complexity index is 377. The highest BCUT2D eigenvalue weighted by Crippen LogP contribution is 1.88. The summed E-state index contributed by atoms with van der Waals surface area (Å²) < 4.78 is 31.0. The third-order valence-corrected chi connectivity index (χ3v) is 2.98. The molecule has 3 N–H and O–H groups in total. The average molecular weight is 310 g/mol. The summed E-state index contributed by atoms with van der Waals surface area (Å²) in [6.45, 7) is 11.4. The summed E-state index contributed by atoms with van der Waals surface area (Å²) >= 11 is 0. The number of hydrogen-bond donors (Lipinski definition) is 2. The Hall–Kier alpha value is -0.960. The molecular weight excluding hydrogens is 284 g/mol. The molecule has 120 valence electrons. The second kappa shape index (κ2) is 11.8. The zero-order valence-corrected chi connectivity index (χ0v) is 13.5. The first-order chi connectivity index (χ1) is 9.17. The van der Waals surface area contributed by atoms with E-state index in [0.29, 0.717) is 11.6 Å². The van der Waals surface area contributed by atoms with Crippen LogP contribution in [-0.2, 0) is 19.4 Å². The van der Waals surface area contributed by atoms with E-state index in [-0.39, 0.29) is 5.91 Å². The van der Waals surface area contributed by atoms with E-state index in [9.17, 15) is 17.8 Å². The van der Waals surface area contributed by atoms with Gasteiger partial charge in [0.1, 0.15) is 0 Å². The number of nitrogens with two attached hydrogens (primary N) is 1. The molecule has 1 amide bonds. The van der Waals surface area contributed by atoms with E-state index in [1.807, 2.05) is 0 Å². The monoisotopic (exact) mass is 310 g/mol. The fraction of sp³-hybridized carbons (Fsp3) is 0.750. The Morgan fingerprint density at radius 1 is 1.40 bits per heavy atom. The van der Waals surface area contributed by atoms with Crippen LogP contribution in [0.15, 0.2) is 12.2 Å². The smallest absolute Gasteiger partial charge is 0.246 e. The Morgan fingerprint density at radius 2 is 1.85 bits per heavy atom. The maximum Gasteiger partial charge on any atom is 0.246 e. The minimum absolute atomic E-state index is 0.0389. The van der Waals surface area contributed by atoms with Gasteiger partial charge in [-0.25, -0.2) is 8.42 Å². The number of amides is 1. The van der Waals surface area contributed by atoms with Crippen LogP contribution in [0.3, 0.4) is 0 Å². The van der Waals surface area contributed by atoms with Crippen LogP contribution in [-0.4, -0.2) is 45.1 Å². The van der Waals surface area contributed by atoms with Gasteiger partial charge in [0, 0.05) is 5.57 Å². The van der Waals surface area contributed by atoms with Gasteiger partial charge in [-0.15, -0.1) is 0 Å². The summed E-state index contributed by atoms with van der Waals surface area (Å²) in [6.07, 6.45) is 2.37. The highest BCUT2D eigenvalue weighted by atomic mass is 32.3. The predicted octanol–water partition coefficient (Wildman–Crippen LogP) is -0.476. The Morgan fingerprint density at radius 3 is 2.15 bits per heavy atom. The molecule has 8 heteroatoms. The van der Waals surface area contributed by atoms with Gasteiger partial charge in [0.05, 0.1) is 26.2 Å². The van der Waals surface area contributed by atoms with Crippen LogP contribution in [0.25, 0.3) is 0 Å². The van der Waals surface area contributed by atoms with Crippen molar-refractivity contribution in [2.75, 3.05) is 20.2 Å². The van der Waals surface area contributed by atoms with Crippen LogP contribution < -0.4 is 10.6 Å². The van der Waals surface area contributed by atoms with Crippen molar-refractivity contribution in [1.82, 2.24) is 5.32 Å². The summed E-state index contributed by atoms with van der Waals surface area (Å²) in [6, 6.07) is 0.691. The molecule has 20 heavy (non-hydrogen) atoms. The van der Waals surface area contributed by atoms with Gasteiger partial charge in [-0.05, 0) is 19.8 Å². The molecule has 0 radical (unpaired) electrons. The van der Waals surface area contributed by atoms with E-state index in [1.165, 1.54) is 12.8 Å². The van der Waals surface area contributed by atoms with E-state index >= 15 is 0 Å². The zero-order chi connectivity index (χ0) is 16.2. The summed E-state index contributed by atoms with van der Waals surface area (Å²) in [4.78, 5) is 11.1. The largest absolute Gasteiger partial charge is 0.726 e. The lowest BCUT2D eigenvalue weighted by atomic mass is 10.2. The third-order valence-electron chi connectivity index (χ3n) is 2.57. The summed E-state index contributed by atoms with van der Waals surface area (Å²) in [5.74, 6) is -0.0389. The molecule has 0 saturated heterocycles. The van der Waals surface area contributed by atoms with Gasteiger partial charge < -0.3 is 15.2 Å². The minimum Gasteiger partial charge on any atom is -0.726 e. The SMILES string of the molecule is C=C(C)C(=O)NCC[NH2+]C(CC)CC.COS(=O)(=O)[O-]. The fourth-order valence-corrected chi connectivity index (χ4v) is 1.28. The van der Waals surface area contributed by atoms with Crippen molar-refractivity contribution in [2.45, 2.75) is 39.7 Å². The third kappa shape index (κ3) is 15.1. The first-order valence-electron chi connectivity index (χ1n) is 6.46. The molecule has 0 atom stereocenters. The molecule has 0 aliphatic rings. The molecule has 0 fully saturated rings. The number of carbonyl (C=O) groups excluding carboxylic acids is 1. The molecule has 0 heterocycles. The first kappa shape index (κ1) is 21.3. The Kier molecular flexibility index (Phi) is 12.6. The van der Waals surface area contributed by atoms with Gasteiger partial charge in [0.2, 0.25) is 16.3 Å². The van der Waals surface area contributed by atoms with Gasteiger partial charge in [0.25, 0.3) is 0 Å². The van der Waals surface area contributed by atoms with Gasteiger partial charge in [-0.3, -0.25) is 8.98 Å². The first-order valence-corrected chi connectivity index (χ1v) is 7.79. The maximum absolute atomic E-state index is 11.1. The van der Waals surface area contributed by atoms with Crippen LogP contribution in [0.1, 0.15) is 33.6 Å². The molecule has 0 aromatic rings. The highest BCUT2D eigenvalue weighted by molar-refractivity contribution is 7.80. The zero-order valence-electron chi connectivity index (χ0n) is 12.6. The van der Waals surface area contributed by atoms with E-state index in [4.69, 9.17) is 0 Å². The van der Waals surface area contributed by atoms with E-state index in [2.05, 4.69) is 35.2 Å². The molecule has 7 nitrogen and oxygen atoms in total. The van der Waals surface area contributed by atoms with Crippen molar-refractivity contribution >= 4 is 16.3 Å². The van der Waals surface area contributed by atoms with Crippen molar-refractivity contribution in [3.8, 4) is 0 Å². The summed E-state index contributed by atoms with van der Waals surface area (Å²) in [5.41, 5.74) is 0.576. The number of nitrogens with one attached hydrogen (secondary N) is 1. The molecule has 0 aromatic carbocycles. The normalized spacial score (nSPS) is 10.7. The average Bonchev–Trinajstić information content (AvgIpc) is 2.38. The van der Waals surface area contributed by atoms with Crippen molar-refractivity contribution in [2.24, 2.45) is 0 Å². The van der Waals surface area contributed by atoms with Crippen LogP contribution in [0.4, 0.5) is 0 Å².